The molecule has 1 aliphatic rings. The largest absolute Gasteiger partial charge is 0.370 e. The first-order chi connectivity index (χ1) is 7.29. The van der Waals surface area contributed by atoms with Crippen LogP contribution in [0.2, 0.25) is 0 Å². The number of hydrogen-bond donors (Lipinski definition) is 0. The van der Waals surface area contributed by atoms with Crippen LogP contribution in [0.25, 0.3) is 0 Å². The van der Waals surface area contributed by atoms with Gasteiger partial charge in [0.25, 0.3) is 0 Å². The Bertz CT molecular complexity index is 337. The zero-order valence-electron chi connectivity index (χ0n) is 8.98. The van der Waals surface area contributed by atoms with Gasteiger partial charge in [0.05, 0.1) is 4.88 Å². The minimum Gasteiger partial charge on any atom is -0.370 e. The van der Waals surface area contributed by atoms with Crippen molar-refractivity contribution in [1.82, 2.24) is 4.90 Å². The summed E-state index contributed by atoms with van der Waals surface area (Å²) in [6.45, 7) is 4.43. The molecule has 0 radical (unpaired) electrons. The van der Waals surface area contributed by atoms with E-state index in [1.807, 2.05) is 6.07 Å². The van der Waals surface area contributed by atoms with Crippen LogP contribution in [0.4, 0.5) is 5.69 Å². The highest BCUT2D eigenvalue weighted by molar-refractivity contribution is 7.12. The molecule has 1 fully saturated rings. The predicted molar refractivity (Wildman–Crippen MR) is 64.0 cm³/mol. The molecule has 0 spiro atoms. The number of hydrogen-bond acceptors (Lipinski definition) is 4. The van der Waals surface area contributed by atoms with Gasteiger partial charge in [-0.2, -0.15) is 0 Å². The molecule has 1 saturated heterocycles. The van der Waals surface area contributed by atoms with Crippen molar-refractivity contribution in [3.8, 4) is 0 Å². The second-order valence-electron chi connectivity index (χ2n) is 3.97. The van der Waals surface area contributed by atoms with Crippen molar-refractivity contribution in [3.05, 3.63) is 16.3 Å². The van der Waals surface area contributed by atoms with Crippen LogP contribution in [0.5, 0.6) is 0 Å². The Morgan fingerprint density at radius 1 is 1.33 bits per heavy atom. The zero-order valence-corrected chi connectivity index (χ0v) is 9.80. The van der Waals surface area contributed by atoms with Gasteiger partial charge >= 0.3 is 0 Å². The number of nitrogens with zero attached hydrogens (tertiary/aromatic N) is 2. The molecule has 1 aliphatic heterocycles. The van der Waals surface area contributed by atoms with Gasteiger partial charge in [-0.15, -0.1) is 11.3 Å². The second kappa shape index (κ2) is 4.77. The summed E-state index contributed by atoms with van der Waals surface area (Å²) < 4.78 is 0. The molecule has 2 heterocycles. The molecule has 1 aromatic rings. The standard InChI is InChI=1S/C11H16N2OS/c1-12-3-2-4-13(6-5-12)10-7-11(8-14)15-9-10/h7-9H,2-6H2,1H3. The maximum absolute atomic E-state index is 10.6. The van der Waals surface area contributed by atoms with Crippen LogP contribution in [-0.2, 0) is 0 Å². The molecule has 15 heavy (non-hydrogen) atoms. The molecule has 0 aliphatic carbocycles. The van der Waals surface area contributed by atoms with Crippen molar-refractivity contribution in [3.63, 3.8) is 0 Å². The maximum Gasteiger partial charge on any atom is 0.160 e. The first kappa shape index (κ1) is 10.6. The lowest BCUT2D eigenvalue weighted by atomic mass is 10.3. The lowest BCUT2D eigenvalue weighted by Crippen LogP contribution is -2.28. The van der Waals surface area contributed by atoms with Crippen molar-refractivity contribution in [2.75, 3.05) is 38.1 Å². The van der Waals surface area contributed by atoms with Gasteiger partial charge in [0.15, 0.2) is 6.29 Å². The third-order valence-electron chi connectivity index (χ3n) is 2.81. The second-order valence-corrected chi connectivity index (χ2v) is 4.91. The van der Waals surface area contributed by atoms with Gasteiger partial charge in [-0.1, -0.05) is 0 Å². The Balaban J connectivity index is 2.06. The number of likely N-dealkylation sites (N-methyl/N-ethyl adjacent to an activating group) is 1. The van der Waals surface area contributed by atoms with Crippen LogP contribution in [0.1, 0.15) is 16.1 Å². The molecule has 4 heteroatoms. The summed E-state index contributed by atoms with van der Waals surface area (Å²) in [6, 6.07) is 1.99. The summed E-state index contributed by atoms with van der Waals surface area (Å²) >= 11 is 1.53. The number of carbonyl (C=O) groups excluding carboxylic acids is 1. The summed E-state index contributed by atoms with van der Waals surface area (Å²) in [5.74, 6) is 0. The van der Waals surface area contributed by atoms with Crippen molar-refractivity contribution < 1.29 is 4.79 Å². The summed E-state index contributed by atoms with van der Waals surface area (Å²) in [7, 11) is 2.16. The Morgan fingerprint density at radius 3 is 2.93 bits per heavy atom. The smallest absolute Gasteiger partial charge is 0.160 e. The molecule has 0 aromatic carbocycles. The van der Waals surface area contributed by atoms with Crippen LogP contribution in [0.15, 0.2) is 11.4 Å². The molecular formula is C11H16N2OS. The number of thiophene rings is 1. The van der Waals surface area contributed by atoms with E-state index in [0.717, 1.165) is 30.8 Å². The van der Waals surface area contributed by atoms with E-state index in [1.54, 1.807) is 0 Å². The zero-order chi connectivity index (χ0) is 10.7. The third kappa shape index (κ3) is 2.58. The lowest BCUT2D eigenvalue weighted by molar-refractivity contribution is 0.112. The van der Waals surface area contributed by atoms with Crippen molar-refractivity contribution in [1.29, 1.82) is 0 Å². The minimum atomic E-state index is 0.822. The van der Waals surface area contributed by atoms with E-state index in [9.17, 15) is 4.79 Å². The fraction of sp³-hybridized carbons (Fsp3) is 0.545. The average Bonchev–Trinajstić information content (AvgIpc) is 2.62. The van der Waals surface area contributed by atoms with E-state index in [4.69, 9.17) is 0 Å². The highest BCUT2D eigenvalue weighted by atomic mass is 32.1. The van der Waals surface area contributed by atoms with Gasteiger partial charge in [-0.05, 0) is 26.1 Å². The van der Waals surface area contributed by atoms with E-state index in [1.165, 1.54) is 30.0 Å². The molecule has 0 N–H and O–H groups in total. The molecule has 0 atom stereocenters. The Morgan fingerprint density at radius 2 is 2.20 bits per heavy atom. The van der Waals surface area contributed by atoms with Gasteiger partial charge < -0.3 is 9.80 Å². The summed E-state index contributed by atoms with van der Waals surface area (Å²) in [5, 5.41) is 2.08. The predicted octanol–water partition coefficient (Wildman–Crippen LogP) is 1.70. The lowest BCUT2D eigenvalue weighted by Gasteiger charge is -2.20. The molecule has 1 aromatic heterocycles. The van der Waals surface area contributed by atoms with Gasteiger partial charge in [0.1, 0.15) is 0 Å². The Hall–Kier alpha value is -0.870. The highest BCUT2D eigenvalue weighted by Gasteiger charge is 2.13. The molecule has 0 unspecified atom stereocenters. The van der Waals surface area contributed by atoms with Crippen molar-refractivity contribution >= 4 is 23.3 Å². The van der Waals surface area contributed by atoms with Crippen molar-refractivity contribution in [2.24, 2.45) is 0 Å². The van der Waals surface area contributed by atoms with E-state index >= 15 is 0 Å². The molecule has 3 nitrogen and oxygen atoms in total. The summed E-state index contributed by atoms with van der Waals surface area (Å²) in [6.07, 6.45) is 2.13. The topological polar surface area (TPSA) is 23.6 Å². The summed E-state index contributed by atoms with van der Waals surface area (Å²) in [4.78, 5) is 16.2. The molecule has 0 saturated carbocycles. The van der Waals surface area contributed by atoms with E-state index in [0.29, 0.717) is 0 Å². The van der Waals surface area contributed by atoms with Crippen LogP contribution < -0.4 is 4.90 Å². The van der Waals surface area contributed by atoms with Crippen LogP contribution in [0, 0.1) is 0 Å². The minimum absolute atomic E-state index is 0.822. The first-order valence-corrected chi connectivity index (χ1v) is 6.15. The Kier molecular flexibility index (Phi) is 3.38. The number of aldehydes is 1. The molecular weight excluding hydrogens is 208 g/mol. The molecule has 0 amide bonds. The molecule has 82 valence electrons. The fourth-order valence-electron chi connectivity index (χ4n) is 1.87. The van der Waals surface area contributed by atoms with Crippen LogP contribution >= 0.6 is 11.3 Å². The van der Waals surface area contributed by atoms with Gasteiger partial charge in [-0.3, -0.25) is 4.79 Å². The fourth-order valence-corrected chi connectivity index (χ4v) is 2.59. The number of rotatable bonds is 2. The SMILES string of the molecule is CN1CCCN(c2csc(C=O)c2)CC1. The number of carbonyl (C=O) groups is 1. The van der Waals surface area contributed by atoms with E-state index in [-0.39, 0.29) is 0 Å². The average molecular weight is 224 g/mol. The molecule has 2 rings (SSSR count). The number of anilines is 1. The van der Waals surface area contributed by atoms with E-state index in [2.05, 4.69) is 22.2 Å². The van der Waals surface area contributed by atoms with Gasteiger partial charge in [-0.25, -0.2) is 0 Å². The third-order valence-corrected chi connectivity index (χ3v) is 3.65. The monoisotopic (exact) mass is 224 g/mol. The quantitative estimate of drug-likeness (QED) is 0.714. The normalized spacial score (nSPS) is 18.9. The maximum atomic E-state index is 10.6. The van der Waals surface area contributed by atoms with Crippen LogP contribution in [0.3, 0.4) is 0 Å². The van der Waals surface area contributed by atoms with Crippen molar-refractivity contribution in [2.45, 2.75) is 6.42 Å². The van der Waals surface area contributed by atoms with E-state index < -0.39 is 0 Å². The van der Waals surface area contributed by atoms with Gasteiger partial charge in [0, 0.05) is 30.7 Å². The first-order valence-electron chi connectivity index (χ1n) is 5.27. The van der Waals surface area contributed by atoms with Crippen LogP contribution in [-0.4, -0.2) is 44.4 Å². The summed E-state index contributed by atoms with van der Waals surface area (Å²) in [5.41, 5.74) is 1.21. The van der Waals surface area contributed by atoms with Gasteiger partial charge in [0.2, 0.25) is 0 Å². The Labute approximate surface area is 94.3 Å². The molecule has 0 bridgehead atoms. The highest BCUT2D eigenvalue weighted by Crippen LogP contribution is 2.22.